The van der Waals surface area contributed by atoms with Gasteiger partial charge in [0.1, 0.15) is 10.7 Å². The van der Waals surface area contributed by atoms with Crippen LogP contribution in [0.2, 0.25) is 0 Å². The van der Waals surface area contributed by atoms with Gasteiger partial charge in [-0.1, -0.05) is 18.3 Å². The molecule has 1 heterocycles. The second kappa shape index (κ2) is 6.47. The maximum atomic E-state index is 12.8. The maximum absolute atomic E-state index is 12.8. The van der Waals surface area contributed by atoms with Crippen LogP contribution in [0.25, 0.3) is 0 Å². The summed E-state index contributed by atoms with van der Waals surface area (Å²) < 4.78 is 12.8. The van der Waals surface area contributed by atoms with E-state index in [1.54, 1.807) is 19.1 Å². The zero-order chi connectivity index (χ0) is 14.5. The normalized spacial score (nSPS) is 10.3. The molecule has 0 aliphatic carbocycles. The first-order valence-electron chi connectivity index (χ1n) is 6.38. The highest BCUT2D eigenvalue weighted by Crippen LogP contribution is 2.25. The zero-order valence-corrected chi connectivity index (χ0v) is 12.2. The van der Waals surface area contributed by atoms with Crippen molar-refractivity contribution < 1.29 is 9.18 Å². The second-order valence-electron chi connectivity index (χ2n) is 4.32. The molecule has 0 fully saturated rings. The van der Waals surface area contributed by atoms with Crippen LogP contribution in [0.3, 0.4) is 0 Å². The Labute approximate surface area is 121 Å². The van der Waals surface area contributed by atoms with Gasteiger partial charge >= 0.3 is 0 Å². The largest absolute Gasteiger partial charge is 0.351 e. The van der Waals surface area contributed by atoms with Crippen molar-refractivity contribution >= 4 is 28.1 Å². The molecule has 2 N–H and O–H groups in total. The number of nitrogens with one attached hydrogen (secondary N) is 2. The lowest BCUT2D eigenvalue weighted by atomic mass is 10.3. The fourth-order valence-electron chi connectivity index (χ4n) is 1.64. The fourth-order valence-corrected chi connectivity index (χ4v) is 2.54. The minimum atomic E-state index is -0.287. The van der Waals surface area contributed by atoms with Crippen LogP contribution in [0.4, 0.5) is 15.2 Å². The number of amides is 1. The number of benzene rings is 1. The Balaban J connectivity index is 2.10. The van der Waals surface area contributed by atoms with Gasteiger partial charge in [-0.15, -0.1) is 0 Å². The summed E-state index contributed by atoms with van der Waals surface area (Å²) in [6.07, 6.45) is 0.893. The number of aryl methyl sites for hydroxylation is 1. The van der Waals surface area contributed by atoms with E-state index in [2.05, 4.69) is 15.6 Å². The Morgan fingerprint density at radius 2 is 2.05 bits per heavy atom. The van der Waals surface area contributed by atoms with Gasteiger partial charge in [-0.05, 0) is 37.6 Å². The van der Waals surface area contributed by atoms with E-state index in [4.69, 9.17) is 0 Å². The van der Waals surface area contributed by atoms with Crippen molar-refractivity contribution in [2.75, 3.05) is 11.9 Å². The molecule has 0 aliphatic rings. The van der Waals surface area contributed by atoms with Gasteiger partial charge in [0.15, 0.2) is 5.13 Å². The van der Waals surface area contributed by atoms with E-state index < -0.39 is 0 Å². The van der Waals surface area contributed by atoms with Crippen LogP contribution in [0, 0.1) is 12.7 Å². The SMILES string of the molecule is CCCNC(=O)c1sc(Nc2ccc(F)cc2)nc1C. The molecule has 0 saturated heterocycles. The Hall–Kier alpha value is -1.95. The van der Waals surface area contributed by atoms with Crippen LogP contribution in [-0.4, -0.2) is 17.4 Å². The first kappa shape index (κ1) is 14.5. The van der Waals surface area contributed by atoms with Gasteiger partial charge in [0.05, 0.1) is 5.69 Å². The molecule has 2 rings (SSSR count). The van der Waals surface area contributed by atoms with E-state index in [1.165, 1.54) is 23.5 Å². The lowest BCUT2D eigenvalue weighted by Gasteiger charge is -2.01. The molecule has 1 aromatic carbocycles. The highest BCUT2D eigenvalue weighted by atomic mass is 32.1. The second-order valence-corrected chi connectivity index (χ2v) is 5.32. The summed E-state index contributed by atoms with van der Waals surface area (Å²) in [5.41, 5.74) is 1.42. The molecule has 6 heteroatoms. The Bertz CT molecular complexity index is 595. The summed E-state index contributed by atoms with van der Waals surface area (Å²) in [5, 5.41) is 6.51. The van der Waals surface area contributed by atoms with Crippen LogP contribution < -0.4 is 10.6 Å². The third-order valence-electron chi connectivity index (χ3n) is 2.63. The Morgan fingerprint density at radius 3 is 2.70 bits per heavy atom. The molecule has 0 bridgehead atoms. The predicted octanol–water partition coefficient (Wildman–Crippen LogP) is 3.47. The number of carbonyl (C=O) groups is 1. The average molecular weight is 293 g/mol. The van der Waals surface area contributed by atoms with Gasteiger partial charge in [-0.25, -0.2) is 9.37 Å². The van der Waals surface area contributed by atoms with Gasteiger partial charge in [-0.2, -0.15) is 0 Å². The standard InChI is InChI=1S/C14H16FN3OS/c1-3-8-16-13(19)12-9(2)17-14(20-12)18-11-6-4-10(15)5-7-11/h4-7H,3,8H2,1-2H3,(H,16,19)(H,17,18). The third kappa shape index (κ3) is 3.54. The smallest absolute Gasteiger partial charge is 0.263 e. The first-order valence-corrected chi connectivity index (χ1v) is 7.20. The Kier molecular flexibility index (Phi) is 4.68. The lowest BCUT2D eigenvalue weighted by molar-refractivity contribution is 0.0957. The molecular formula is C14H16FN3OS. The number of halogens is 1. The van der Waals surface area contributed by atoms with E-state index in [0.717, 1.165) is 12.1 Å². The summed E-state index contributed by atoms with van der Waals surface area (Å²) in [5.74, 6) is -0.389. The Morgan fingerprint density at radius 1 is 1.35 bits per heavy atom. The monoisotopic (exact) mass is 293 g/mol. The van der Waals surface area contributed by atoms with Crippen molar-refractivity contribution in [3.05, 3.63) is 40.7 Å². The van der Waals surface area contributed by atoms with Crippen molar-refractivity contribution in [3.8, 4) is 0 Å². The third-order valence-corrected chi connectivity index (χ3v) is 3.71. The topological polar surface area (TPSA) is 54.0 Å². The fraction of sp³-hybridized carbons (Fsp3) is 0.286. The van der Waals surface area contributed by atoms with Crippen molar-refractivity contribution in [2.45, 2.75) is 20.3 Å². The molecule has 2 aromatic rings. The molecule has 1 aromatic heterocycles. The minimum absolute atomic E-state index is 0.103. The van der Waals surface area contributed by atoms with Crippen LogP contribution in [-0.2, 0) is 0 Å². The molecule has 0 unspecified atom stereocenters. The molecule has 0 saturated carbocycles. The molecule has 20 heavy (non-hydrogen) atoms. The number of anilines is 2. The summed E-state index contributed by atoms with van der Waals surface area (Å²) in [7, 11) is 0. The molecule has 0 spiro atoms. The number of hydrogen-bond acceptors (Lipinski definition) is 4. The summed E-state index contributed by atoms with van der Waals surface area (Å²) in [6, 6.07) is 6.00. The molecule has 0 aliphatic heterocycles. The van der Waals surface area contributed by atoms with Crippen LogP contribution in [0.5, 0.6) is 0 Å². The van der Waals surface area contributed by atoms with Gasteiger partial charge in [0.2, 0.25) is 0 Å². The van der Waals surface area contributed by atoms with E-state index >= 15 is 0 Å². The number of hydrogen-bond donors (Lipinski definition) is 2. The molecule has 4 nitrogen and oxygen atoms in total. The van der Waals surface area contributed by atoms with Gasteiger partial charge in [-0.3, -0.25) is 4.79 Å². The maximum Gasteiger partial charge on any atom is 0.263 e. The predicted molar refractivity (Wildman–Crippen MR) is 79.2 cm³/mol. The molecule has 106 valence electrons. The quantitative estimate of drug-likeness (QED) is 0.887. The van der Waals surface area contributed by atoms with E-state index in [1.807, 2.05) is 6.92 Å². The van der Waals surface area contributed by atoms with Crippen molar-refractivity contribution in [2.24, 2.45) is 0 Å². The van der Waals surface area contributed by atoms with Crippen molar-refractivity contribution in [1.29, 1.82) is 0 Å². The molecule has 1 amide bonds. The van der Waals surface area contributed by atoms with Crippen LogP contribution >= 0.6 is 11.3 Å². The summed E-state index contributed by atoms with van der Waals surface area (Å²) in [6.45, 7) is 4.45. The van der Waals surface area contributed by atoms with E-state index in [9.17, 15) is 9.18 Å². The highest BCUT2D eigenvalue weighted by molar-refractivity contribution is 7.17. The van der Waals surface area contributed by atoms with Gasteiger partial charge in [0.25, 0.3) is 5.91 Å². The molecule has 0 radical (unpaired) electrons. The number of aromatic nitrogens is 1. The number of thiazole rings is 1. The first-order chi connectivity index (χ1) is 9.60. The highest BCUT2D eigenvalue weighted by Gasteiger charge is 2.14. The number of carbonyl (C=O) groups excluding carboxylic acids is 1. The minimum Gasteiger partial charge on any atom is -0.351 e. The molecular weight excluding hydrogens is 277 g/mol. The molecule has 0 atom stereocenters. The number of nitrogens with zero attached hydrogens (tertiary/aromatic N) is 1. The van der Waals surface area contributed by atoms with Gasteiger partial charge in [0, 0.05) is 12.2 Å². The lowest BCUT2D eigenvalue weighted by Crippen LogP contribution is -2.23. The van der Waals surface area contributed by atoms with Crippen LogP contribution in [0.1, 0.15) is 28.7 Å². The van der Waals surface area contributed by atoms with Gasteiger partial charge < -0.3 is 10.6 Å². The number of rotatable bonds is 5. The average Bonchev–Trinajstić information content (AvgIpc) is 2.79. The van der Waals surface area contributed by atoms with E-state index in [0.29, 0.717) is 22.2 Å². The summed E-state index contributed by atoms with van der Waals surface area (Å²) >= 11 is 1.29. The van der Waals surface area contributed by atoms with Crippen molar-refractivity contribution in [3.63, 3.8) is 0 Å². The summed E-state index contributed by atoms with van der Waals surface area (Å²) in [4.78, 5) is 16.8. The van der Waals surface area contributed by atoms with Crippen molar-refractivity contribution in [1.82, 2.24) is 10.3 Å². The van der Waals surface area contributed by atoms with Crippen LogP contribution in [0.15, 0.2) is 24.3 Å². The van der Waals surface area contributed by atoms with E-state index in [-0.39, 0.29) is 11.7 Å². The zero-order valence-electron chi connectivity index (χ0n) is 11.4.